The molecule has 5 rings (SSSR count). The molecule has 0 amide bonds. The van der Waals surface area contributed by atoms with Crippen molar-refractivity contribution in [3.05, 3.63) is 33.0 Å². The van der Waals surface area contributed by atoms with Gasteiger partial charge in [-0.15, -0.1) is 0 Å². The van der Waals surface area contributed by atoms with Gasteiger partial charge in [0.2, 0.25) is 17.8 Å². The summed E-state index contributed by atoms with van der Waals surface area (Å²) in [6.45, 7) is 0.681. The molecule has 38 heavy (non-hydrogen) atoms. The van der Waals surface area contributed by atoms with E-state index in [1.165, 1.54) is 26.4 Å². The Morgan fingerprint density at radius 2 is 1.50 bits per heavy atom. The number of ether oxygens (including phenoxy) is 5. The summed E-state index contributed by atoms with van der Waals surface area (Å²) in [5.41, 5.74) is -2.36. The Bertz CT molecular complexity index is 1650. The van der Waals surface area contributed by atoms with E-state index < -0.39 is 60.3 Å². The fourth-order valence-electron chi connectivity index (χ4n) is 4.46. The number of methoxy groups -OCH3 is 2. The van der Waals surface area contributed by atoms with Crippen LogP contribution in [0.1, 0.15) is 6.92 Å². The molecule has 14 heteroatoms. The summed E-state index contributed by atoms with van der Waals surface area (Å²) in [7, 11) is 2.48. The predicted molar refractivity (Wildman–Crippen MR) is 126 cm³/mol. The van der Waals surface area contributed by atoms with Gasteiger partial charge in [0, 0.05) is 17.7 Å². The van der Waals surface area contributed by atoms with Gasteiger partial charge in [0.05, 0.1) is 25.0 Å². The molecular weight excluding hydrogens is 512 g/mol. The molecule has 0 radical (unpaired) electrons. The fourth-order valence-corrected chi connectivity index (χ4v) is 4.46. The number of carbonyl (C=O) groups excluding carboxylic acids is 1. The zero-order valence-electron chi connectivity index (χ0n) is 20.1. The molecular formula is C24H22O14. The molecule has 0 aliphatic carbocycles. The number of phenolic OH excluding ortho intramolecular Hbond substituents is 1. The maximum Gasteiger partial charge on any atom is 0.344 e. The number of phenols is 1. The van der Waals surface area contributed by atoms with E-state index in [4.69, 9.17) is 32.5 Å². The number of aromatic hydroxyl groups is 1. The highest BCUT2D eigenvalue weighted by Gasteiger charge is 2.46. The van der Waals surface area contributed by atoms with Gasteiger partial charge in [0.1, 0.15) is 31.0 Å². The van der Waals surface area contributed by atoms with Crippen molar-refractivity contribution in [1.29, 1.82) is 0 Å². The summed E-state index contributed by atoms with van der Waals surface area (Å²) in [6.07, 6.45) is -8.10. The second kappa shape index (κ2) is 9.33. The molecule has 14 nitrogen and oxygen atoms in total. The first-order chi connectivity index (χ1) is 18.1. The highest BCUT2D eigenvalue weighted by Crippen LogP contribution is 2.46. The first-order valence-electron chi connectivity index (χ1n) is 11.2. The molecule has 3 heterocycles. The fraction of sp³-hybridized carbons (Fsp3) is 0.375. The lowest BCUT2D eigenvalue weighted by Crippen LogP contribution is -2.60. The van der Waals surface area contributed by atoms with E-state index >= 15 is 0 Å². The maximum absolute atomic E-state index is 13.0. The van der Waals surface area contributed by atoms with Crippen LogP contribution in [0.2, 0.25) is 0 Å². The van der Waals surface area contributed by atoms with E-state index in [0.717, 1.165) is 6.92 Å². The first kappa shape index (κ1) is 25.5. The molecule has 1 fully saturated rings. The summed E-state index contributed by atoms with van der Waals surface area (Å²) < 4.78 is 37.4. The Kier molecular flexibility index (Phi) is 6.27. The molecule has 2 aromatic carbocycles. The Balaban J connectivity index is 1.68. The average molecular weight is 534 g/mol. The minimum Gasteiger partial charge on any atom is -0.502 e. The second-order valence-electron chi connectivity index (χ2n) is 8.55. The second-order valence-corrected chi connectivity index (χ2v) is 8.55. The molecule has 5 atom stereocenters. The van der Waals surface area contributed by atoms with Crippen molar-refractivity contribution in [2.75, 3.05) is 20.8 Å². The zero-order chi connectivity index (χ0) is 27.5. The topological polar surface area (TPSA) is 205 Å². The van der Waals surface area contributed by atoms with E-state index in [-0.39, 0.29) is 50.0 Å². The van der Waals surface area contributed by atoms with Crippen LogP contribution >= 0.6 is 0 Å². The quantitative estimate of drug-likeness (QED) is 0.146. The molecule has 202 valence electrons. The minimum atomic E-state index is -1.79. The number of aliphatic hydroxyl groups is 3. The summed E-state index contributed by atoms with van der Waals surface area (Å²) >= 11 is 0. The van der Waals surface area contributed by atoms with Crippen LogP contribution in [0.25, 0.3) is 32.7 Å². The molecule has 0 saturated carbocycles. The van der Waals surface area contributed by atoms with Gasteiger partial charge in [0.25, 0.3) is 0 Å². The lowest BCUT2D eigenvalue weighted by molar-refractivity contribution is -0.278. The van der Waals surface area contributed by atoms with Gasteiger partial charge in [-0.3, -0.25) is 4.79 Å². The highest BCUT2D eigenvalue weighted by molar-refractivity contribution is 6.22. The molecule has 1 aliphatic heterocycles. The van der Waals surface area contributed by atoms with Crippen LogP contribution < -0.4 is 25.5 Å². The van der Waals surface area contributed by atoms with Crippen LogP contribution in [-0.2, 0) is 14.3 Å². The maximum atomic E-state index is 13.0. The number of carbonyl (C=O) groups is 1. The number of esters is 1. The Labute approximate surface area is 211 Å². The van der Waals surface area contributed by atoms with Crippen molar-refractivity contribution in [2.45, 2.75) is 37.6 Å². The molecule has 4 N–H and O–H groups in total. The van der Waals surface area contributed by atoms with E-state index in [2.05, 4.69) is 0 Å². The first-order valence-corrected chi connectivity index (χ1v) is 11.2. The third-order valence-corrected chi connectivity index (χ3v) is 6.29. The van der Waals surface area contributed by atoms with Gasteiger partial charge < -0.3 is 52.9 Å². The monoisotopic (exact) mass is 534 g/mol. The third kappa shape index (κ3) is 3.85. The smallest absolute Gasteiger partial charge is 0.344 e. The van der Waals surface area contributed by atoms with Gasteiger partial charge in [-0.25, -0.2) is 9.59 Å². The highest BCUT2D eigenvalue weighted by atomic mass is 16.7. The minimum absolute atomic E-state index is 0.0388. The van der Waals surface area contributed by atoms with Crippen molar-refractivity contribution in [1.82, 2.24) is 0 Å². The van der Waals surface area contributed by atoms with Gasteiger partial charge in [-0.2, -0.15) is 0 Å². The van der Waals surface area contributed by atoms with Gasteiger partial charge in [-0.05, 0) is 12.1 Å². The summed E-state index contributed by atoms with van der Waals surface area (Å²) in [4.78, 5) is 37.0. The van der Waals surface area contributed by atoms with Gasteiger partial charge in [0.15, 0.2) is 22.7 Å². The molecule has 2 aromatic heterocycles. The predicted octanol–water partition coefficient (Wildman–Crippen LogP) is -0.0373. The van der Waals surface area contributed by atoms with E-state index in [1.807, 2.05) is 0 Å². The number of benzene rings is 2. The lowest BCUT2D eigenvalue weighted by atomic mass is 9.99. The number of hydrogen-bond acceptors (Lipinski definition) is 14. The lowest BCUT2D eigenvalue weighted by Gasteiger charge is -2.40. The van der Waals surface area contributed by atoms with Crippen LogP contribution in [0.4, 0.5) is 0 Å². The van der Waals surface area contributed by atoms with Crippen LogP contribution in [0.3, 0.4) is 0 Å². The molecule has 0 spiro atoms. The van der Waals surface area contributed by atoms with Crippen molar-refractivity contribution < 1.29 is 57.7 Å². The van der Waals surface area contributed by atoms with E-state index in [0.29, 0.717) is 0 Å². The standard InChI is InChI=1S/C24H22O14/c1-7(25)34-6-12-15(26)17(28)18(29)24(36-12)35-11-5-9-14-13-8(23(31)38-21(14)19(11)33-3)4-10(32-2)16(27)20(13)37-22(9)30/h4-5,12,15,17-18,24,26-29H,6H2,1-3H3/t12-,15-,17+,18-,24-/m1/s1. The molecule has 0 bridgehead atoms. The Hall–Kier alpha value is -4.11. The number of hydrogen-bond donors (Lipinski definition) is 4. The summed E-state index contributed by atoms with van der Waals surface area (Å²) in [6, 6.07) is 2.42. The van der Waals surface area contributed by atoms with E-state index in [1.54, 1.807) is 0 Å². The third-order valence-electron chi connectivity index (χ3n) is 6.29. The summed E-state index contributed by atoms with van der Waals surface area (Å²) in [5, 5.41) is 41.5. The SMILES string of the molecule is COc1cc2c(=O)oc3c(OC)c(O[C@@H]4O[C@H](COC(C)=O)[C@@H](O)[C@H](O)[C@H]4O)cc4c(=O)oc(c1O)c2c34. The molecule has 1 saturated heterocycles. The van der Waals surface area contributed by atoms with Crippen molar-refractivity contribution in [2.24, 2.45) is 0 Å². The van der Waals surface area contributed by atoms with Gasteiger partial charge >= 0.3 is 17.2 Å². The summed E-state index contributed by atoms with van der Waals surface area (Å²) in [5.74, 6) is -1.73. The van der Waals surface area contributed by atoms with Crippen molar-refractivity contribution >= 4 is 38.7 Å². The van der Waals surface area contributed by atoms with Crippen molar-refractivity contribution in [3.63, 3.8) is 0 Å². The number of rotatable bonds is 6. The normalized spacial score (nSPS) is 23.7. The van der Waals surface area contributed by atoms with Crippen LogP contribution in [0, 0.1) is 0 Å². The number of aliphatic hydroxyl groups excluding tert-OH is 3. The van der Waals surface area contributed by atoms with Crippen LogP contribution in [0.5, 0.6) is 23.0 Å². The van der Waals surface area contributed by atoms with Crippen LogP contribution in [-0.4, -0.2) is 77.9 Å². The molecule has 4 aromatic rings. The van der Waals surface area contributed by atoms with Crippen LogP contribution in [0.15, 0.2) is 30.6 Å². The Morgan fingerprint density at radius 1 is 0.895 bits per heavy atom. The van der Waals surface area contributed by atoms with Gasteiger partial charge in [-0.1, -0.05) is 0 Å². The average Bonchev–Trinajstić information content (AvgIpc) is 2.88. The zero-order valence-corrected chi connectivity index (χ0v) is 20.1. The molecule has 1 aliphatic rings. The van der Waals surface area contributed by atoms with Crippen molar-refractivity contribution in [3.8, 4) is 23.0 Å². The Morgan fingerprint density at radius 3 is 2.11 bits per heavy atom. The molecule has 0 unspecified atom stereocenters. The largest absolute Gasteiger partial charge is 0.502 e. The van der Waals surface area contributed by atoms with E-state index in [9.17, 15) is 34.8 Å².